The van der Waals surface area contributed by atoms with Gasteiger partial charge in [0, 0.05) is 22.3 Å². The zero-order chi connectivity index (χ0) is 27.4. The van der Waals surface area contributed by atoms with E-state index in [0.29, 0.717) is 12.0 Å². The number of carbonyl (C=O) groups excluding carboxylic acids is 2. The lowest BCUT2D eigenvalue weighted by atomic mass is 9.71. The first-order chi connectivity index (χ1) is 18.2. The number of likely N-dealkylation sites (tertiary alicyclic amines) is 1. The fraction of sp³-hybridized carbons (Fsp3) is 0.414. The van der Waals surface area contributed by atoms with Crippen LogP contribution in [0.3, 0.4) is 0 Å². The van der Waals surface area contributed by atoms with Gasteiger partial charge in [0.15, 0.2) is 0 Å². The van der Waals surface area contributed by atoms with Crippen LogP contribution >= 0.6 is 27.7 Å². The summed E-state index contributed by atoms with van der Waals surface area (Å²) in [6, 6.07) is 13.3. The standard InChI is InChI=1S/C29H31BrN2O5S/c1-4-12-31(20-13-16(2)10-11-17(20)3)27(35)25-29-14-19(30)24(38-29)22(28(36)37)23(29)26(34)32(25)21(15-33)18-8-6-5-7-9-18/h4-11,13,19,21-25,33H,1,12,14-15H2,2-3H3,(H,36,37)/t19?,21-,22+,23+,24+,25?,29?/m1/s1. The maximum atomic E-state index is 14.7. The molecule has 3 fully saturated rings. The number of aryl methyl sites for hydroxylation is 2. The van der Waals surface area contributed by atoms with E-state index in [-0.39, 0.29) is 28.4 Å². The molecule has 2 amide bonds. The van der Waals surface area contributed by atoms with Gasteiger partial charge in [0.25, 0.3) is 5.91 Å². The van der Waals surface area contributed by atoms with Gasteiger partial charge in [-0.3, -0.25) is 14.4 Å². The number of halogens is 1. The van der Waals surface area contributed by atoms with E-state index in [9.17, 15) is 24.6 Å². The van der Waals surface area contributed by atoms with E-state index >= 15 is 0 Å². The van der Waals surface area contributed by atoms with Crippen LogP contribution in [0.25, 0.3) is 0 Å². The van der Waals surface area contributed by atoms with Crippen LogP contribution in [0.1, 0.15) is 29.2 Å². The Balaban J connectivity index is 1.69. The molecule has 5 rings (SSSR count). The third kappa shape index (κ3) is 4.01. The number of amides is 2. The molecule has 9 heteroatoms. The van der Waals surface area contributed by atoms with Gasteiger partial charge in [0.1, 0.15) is 6.04 Å². The van der Waals surface area contributed by atoms with Crippen LogP contribution in [-0.2, 0) is 14.4 Å². The first-order valence-corrected chi connectivity index (χ1v) is 14.5. The van der Waals surface area contributed by atoms with Crippen molar-refractivity contribution in [2.75, 3.05) is 18.1 Å². The summed E-state index contributed by atoms with van der Waals surface area (Å²) >= 11 is 5.13. The minimum atomic E-state index is -1.03. The number of fused-ring (bicyclic) bond motifs is 1. The second-order valence-electron chi connectivity index (χ2n) is 10.4. The van der Waals surface area contributed by atoms with Crippen molar-refractivity contribution in [3.8, 4) is 0 Å². The van der Waals surface area contributed by atoms with Gasteiger partial charge in [-0.25, -0.2) is 0 Å². The van der Waals surface area contributed by atoms with Crippen LogP contribution < -0.4 is 4.90 Å². The second-order valence-corrected chi connectivity index (χ2v) is 13.1. The molecule has 0 radical (unpaired) electrons. The molecule has 3 saturated heterocycles. The summed E-state index contributed by atoms with van der Waals surface area (Å²) in [6.07, 6.45) is 2.14. The molecular weight excluding hydrogens is 568 g/mol. The lowest BCUT2D eigenvalue weighted by molar-refractivity contribution is -0.149. The molecule has 3 aliphatic rings. The lowest BCUT2D eigenvalue weighted by Gasteiger charge is -2.40. The van der Waals surface area contributed by atoms with Gasteiger partial charge in [-0.15, -0.1) is 18.3 Å². The van der Waals surface area contributed by atoms with Crippen molar-refractivity contribution in [1.82, 2.24) is 4.90 Å². The molecule has 2 aromatic carbocycles. The van der Waals surface area contributed by atoms with Gasteiger partial charge in [0.05, 0.1) is 29.2 Å². The smallest absolute Gasteiger partial charge is 0.308 e. The number of aliphatic hydroxyl groups excluding tert-OH is 1. The van der Waals surface area contributed by atoms with Crippen LogP contribution in [0, 0.1) is 25.7 Å². The molecule has 3 heterocycles. The van der Waals surface area contributed by atoms with Gasteiger partial charge in [-0.05, 0) is 43.0 Å². The number of carboxylic acids is 1. The Hall–Kier alpha value is -2.62. The third-order valence-electron chi connectivity index (χ3n) is 8.17. The fourth-order valence-corrected chi connectivity index (χ4v) is 10.2. The normalized spacial score (nSPS) is 30.3. The predicted octanol–water partition coefficient (Wildman–Crippen LogP) is 4.11. The number of hydrogen-bond acceptors (Lipinski definition) is 5. The number of rotatable bonds is 8. The molecule has 0 saturated carbocycles. The number of nitrogens with zero attached hydrogens (tertiary/aromatic N) is 2. The highest BCUT2D eigenvalue weighted by atomic mass is 79.9. The molecule has 2 bridgehead atoms. The quantitative estimate of drug-likeness (QED) is 0.350. The van der Waals surface area contributed by atoms with Crippen molar-refractivity contribution in [2.45, 2.75) is 47.2 Å². The van der Waals surface area contributed by atoms with Crippen molar-refractivity contribution in [1.29, 1.82) is 0 Å². The maximum absolute atomic E-state index is 14.7. The van der Waals surface area contributed by atoms with E-state index in [1.54, 1.807) is 11.0 Å². The van der Waals surface area contributed by atoms with E-state index in [1.165, 1.54) is 16.7 Å². The highest BCUT2D eigenvalue weighted by Gasteiger charge is 2.76. The second kappa shape index (κ2) is 10.2. The minimum absolute atomic E-state index is 0.147. The first-order valence-electron chi connectivity index (χ1n) is 12.7. The van der Waals surface area contributed by atoms with Crippen molar-refractivity contribution in [2.24, 2.45) is 11.8 Å². The molecule has 1 spiro atoms. The Morgan fingerprint density at radius 2 is 1.97 bits per heavy atom. The summed E-state index contributed by atoms with van der Waals surface area (Å²) in [5, 5.41) is 20.5. The van der Waals surface area contributed by atoms with Gasteiger partial charge < -0.3 is 20.0 Å². The molecule has 7 atom stereocenters. The van der Waals surface area contributed by atoms with Crippen LogP contribution in [0.15, 0.2) is 61.2 Å². The number of anilines is 1. The molecule has 2 aromatic rings. The Morgan fingerprint density at radius 3 is 2.61 bits per heavy atom. The topological polar surface area (TPSA) is 98.2 Å². The largest absolute Gasteiger partial charge is 0.481 e. The Labute approximate surface area is 235 Å². The number of benzene rings is 2. The summed E-state index contributed by atoms with van der Waals surface area (Å²) < 4.78 is -0.935. The molecule has 3 aliphatic heterocycles. The SMILES string of the molecule is C=CCN(C(=O)C1N([C@H](CO)c2ccccc2)C(=O)[C@@H]2[C@H](C(=O)O)[C@H]3SC12CC3Br)c1cc(C)ccc1C. The summed E-state index contributed by atoms with van der Waals surface area (Å²) in [6.45, 7) is 7.60. The van der Waals surface area contributed by atoms with E-state index in [0.717, 1.165) is 16.8 Å². The predicted molar refractivity (Wildman–Crippen MR) is 151 cm³/mol. The van der Waals surface area contributed by atoms with Gasteiger partial charge in [-0.2, -0.15) is 0 Å². The number of aliphatic hydroxyl groups is 1. The Kier molecular flexibility index (Phi) is 7.22. The van der Waals surface area contributed by atoms with Crippen LogP contribution in [0.4, 0.5) is 5.69 Å². The molecule has 3 unspecified atom stereocenters. The van der Waals surface area contributed by atoms with Crippen LogP contribution in [0.5, 0.6) is 0 Å². The van der Waals surface area contributed by atoms with Gasteiger partial charge in [0.2, 0.25) is 5.91 Å². The monoisotopic (exact) mass is 598 g/mol. The van der Waals surface area contributed by atoms with Crippen LogP contribution in [0.2, 0.25) is 0 Å². The van der Waals surface area contributed by atoms with E-state index in [4.69, 9.17) is 0 Å². The van der Waals surface area contributed by atoms with Gasteiger partial charge >= 0.3 is 5.97 Å². The maximum Gasteiger partial charge on any atom is 0.308 e. The number of alkyl halides is 1. The molecule has 0 aliphatic carbocycles. The average Bonchev–Trinajstić information content (AvgIpc) is 3.49. The number of thioether (sulfide) groups is 1. The highest BCUT2D eigenvalue weighted by Crippen LogP contribution is 2.68. The molecular formula is C29H31BrN2O5S. The minimum Gasteiger partial charge on any atom is -0.481 e. The zero-order valence-corrected chi connectivity index (χ0v) is 23.7. The molecule has 7 nitrogen and oxygen atoms in total. The summed E-state index contributed by atoms with van der Waals surface area (Å²) in [4.78, 5) is 44.5. The van der Waals surface area contributed by atoms with Crippen molar-refractivity contribution in [3.63, 3.8) is 0 Å². The van der Waals surface area contributed by atoms with Crippen molar-refractivity contribution < 1.29 is 24.6 Å². The van der Waals surface area contributed by atoms with E-state index < -0.39 is 41.2 Å². The molecule has 2 N–H and O–H groups in total. The molecule has 0 aromatic heterocycles. The summed E-state index contributed by atoms with van der Waals surface area (Å²) in [5.74, 6) is -3.48. The van der Waals surface area contributed by atoms with Crippen molar-refractivity contribution >= 4 is 51.2 Å². The zero-order valence-electron chi connectivity index (χ0n) is 21.3. The Bertz CT molecular complexity index is 1290. The average molecular weight is 600 g/mol. The first kappa shape index (κ1) is 27.0. The Morgan fingerprint density at radius 1 is 1.26 bits per heavy atom. The number of carboxylic acid groups (broad SMARTS) is 1. The third-order valence-corrected chi connectivity index (χ3v) is 11.4. The fourth-order valence-electron chi connectivity index (χ4n) is 6.59. The lowest BCUT2D eigenvalue weighted by Crippen LogP contribution is -2.56. The van der Waals surface area contributed by atoms with Crippen LogP contribution in [-0.4, -0.2) is 66.9 Å². The number of carbonyl (C=O) groups is 3. The number of aliphatic carboxylic acids is 1. The van der Waals surface area contributed by atoms with E-state index in [1.807, 2.05) is 62.4 Å². The summed E-state index contributed by atoms with van der Waals surface area (Å²) in [5.41, 5.74) is 3.32. The molecule has 200 valence electrons. The molecule has 38 heavy (non-hydrogen) atoms. The summed E-state index contributed by atoms with van der Waals surface area (Å²) in [7, 11) is 0. The highest BCUT2D eigenvalue weighted by molar-refractivity contribution is 9.09. The van der Waals surface area contributed by atoms with E-state index in [2.05, 4.69) is 22.5 Å². The van der Waals surface area contributed by atoms with Gasteiger partial charge in [-0.1, -0.05) is 64.5 Å². The number of hydrogen-bond donors (Lipinski definition) is 2. The van der Waals surface area contributed by atoms with Crippen molar-refractivity contribution in [3.05, 3.63) is 77.9 Å².